The van der Waals surface area contributed by atoms with E-state index in [9.17, 15) is 0 Å². The Morgan fingerprint density at radius 3 is 2.57 bits per heavy atom. The molecule has 4 heterocycles. The third-order valence-electron chi connectivity index (χ3n) is 4.70. The number of pyridine rings is 1. The maximum Gasteiger partial charge on any atom is 0.0893 e. The van der Waals surface area contributed by atoms with Crippen molar-refractivity contribution in [3.8, 4) is 11.1 Å². The zero-order chi connectivity index (χ0) is 15.8. The van der Waals surface area contributed by atoms with Crippen molar-refractivity contribution in [2.24, 2.45) is 18.9 Å². The van der Waals surface area contributed by atoms with Gasteiger partial charge in [-0.15, -0.1) is 0 Å². The molecule has 1 aliphatic heterocycles. The number of nitrogens with one attached hydrogen (secondary N) is 2. The van der Waals surface area contributed by atoms with Gasteiger partial charge >= 0.3 is 0 Å². The Balaban J connectivity index is 0.000000186. The van der Waals surface area contributed by atoms with Crippen LogP contribution >= 0.6 is 0 Å². The second kappa shape index (κ2) is 5.70. The van der Waals surface area contributed by atoms with Gasteiger partial charge in [-0.05, 0) is 43.5 Å². The number of fused-ring (bicyclic) bond motifs is 2. The molecule has 6 nitrogen and oxygen atoms in total. The largest absolute Gasteiger partial charge is 0.386 e. The van der Waals surface area contributed by atoms with Gasteiger partial charge in [0.05, 0.1) is 23.6 Å². The molecule has 0 aromatic carbocycles. The van der Waals surface area contributed by atoms with E-state index in [-0.39, 0.29) is 0 Å². The molecule has 2 atom stereocenters. The molecule has 5 rings (SSSR count). The summed E-state index contributed by atoms with van der Waals surface area (Å²) in [5.41, 5.74) is 4.31. The van der Waals surface area contributed by atoms with E-state index in [2.05, 4.69) is 26.9 Å². The zero-order valence-electron chi connectivity index (χ0n) is 13.5. The summed E-state index contributed by atoms with van der Waals surface area (Å²) in [6.07, 6.45) is 9.16. The van der Waals surface area contributed by atoms with Crippen LogP contribution in [0.15, 0.2) is 36.9 Å². The van der Waals surface area contributed by atoms with Gasteiger partial charge in [0.15, 0.2) is 0 Å². The van der Waals surface area contributed by atoms with Gasteiger partial charge in [0.2, 0.25) is 0 Å². The van der Waals surface area contributed by atoms with Crippen molar-refractivity contribution in [1.82, 2.24) is 24.7 Å². The lowest BCUT2D eigenvalue weighted by atomic mass is 10.1. The second-order valence-corrected chi connectivity index (χ2v) is 6.37. The molecule has 2 aliphatic rings. The zero-order valence-corrected chi connectivity index (χ0v) is 13.5. The molecule has 0 radical (unpaired) electrons. The standard InChI is InChI=1S/C12H13N5.C5H9N/c1-13-11-5-9(10-6-15-16(2)7-10)8-17-12(11)3-4-14-17;1-4-2-6-3-5(1)4/h3-8,13H,1-2H3;4-6H,1-3H2. The molecule has 120 valence electrons. The normalized spacial score (nSPS) is 21.7. The molecule has 2 N–H and O–H groups in total. The molecule has 3 aromatic rings. The van der Waals surface area contributed by atoms with Crippen LogP contribution in [0.25, 0.3) is 16.6 Å². The Morgan fingerprint density at radius 1 is 1.17 bits per heavy atom. The van der Waals surface area contributed by atoms with Crippen molar-refractivity contribution in [3.05, 3.63) is 36.9 Å². The number of nitrogens with zero attached hydrogens (tertiary/aromatic N) is 4. The Kier molecular flexibility index (Phi) is 3.53. The Hall–Kier alpha value is -2.34. The summed E-state index contributed by atoms with van der Waals surface area (Å²) in [6, 6.07) is 4.09. The number of piperidine rings is 1. The van der Waals surface area contributed by atoms with Gasteiger partial charge < -0.3 is 10.6 Å². The Bertz CT molecular complexity index is 809. The fraction of sp³-hybridized carbons (Fsp3) is 0.412. The van der Waals surface area contributed by atoms with Crippen LogP contribution in [0.2, 0.25) is 0 Å². The minimum absolute atomic E-state index is 1.06. The molecular weight excluding hydrogens is 288 g/mol. The van der Waals surface area contributed by atoms with Gasteiger partial charge in [-0.1, -0.05) is 0 Å². The third kappa shape index (κ3) is 2.82. The van der Waals surface area contributed by atoms with Crippen molar-refractivity contribution in [2.45, 2.75) is 6.42 Å². The predicted octanol–water partition coefficient (Wildman–Crippen LogP) is 2.00. The topological polar surface area (TPSA) is 59.2 Å². The first-order valence-electron chi connectivity index (χ1n) is 8.09. The summed E-state index contributed by atoms with van der Waals surface area (Å²) in [7, 11) is 3.82. The van der Waals surface area contributed by atoms with Gasteiger partial charge in [0.25, 0.3) is 0 Å². The van der Waals surface area contributed by atoms with E-state index in [4.69, 9.17) is 0 Å². The third-order valence-corrected chi connectivity index (χ3v) is 4.70. The number of aryl methyl sites for hydroxylation is 1. The number of hydrogen-bond donors (Lipinski definition) is 2. The molecule has 3 aromatic heterocycles. The lowest BCUT2D eigenvalue weighted by Crippen LogP contribution is -2.10. The summed E-state index contributed by atoms with van der Waals surface area (Å²) in [6.45, 7) is 2.62. The van der Waals surface area contributed by atoms with Crippen molar-refractivity contribution in [2.75, 3.05) is 25.5 Å². The number of aromatic nitrogens is 4. The fourth-order valence-electron chi connectivity index (χ4n) is 3.22. The van der Waals surface area contributed by atoms with E-state index in [0.29, 0.717) is 0 Å². The molecule has 0 spiro atoms. The highest BCUT2D eigenvalue weighted by atomic mass is 15.2. The highest BCUT2D eigenvalue weighted by molar-refractivity contribution is 5.77. The maximum atomic E-state index is 4.27. The monoisotopic (exact) mass is 310 g/mol. The van der Waals surface area contributed by atoms with Gasteiger partial charge in [-0.3, -0.25) is 4.68 Å². The van der Waals surface area contributed by atoms with Crippen LogP contribution in [0.5, 0.6) is 0 Å². The minimum Gasteiger partial charge on any atom is -0.386 e. The van der Waals surface area contributed by atoms with Gasteiger partial charge in [0.1, 0.15) is 0 Å². The number of anilines is 1. The van der Waals surface area contributed by atoms with Crippen LogP contribution in [0, 0.1) is 11.8 Å². The average Bonchev–Trinajstić information content (AvgIpc) is 3.00. The first-order chi connectivity index (χ1) is 11.2. The molecule has 0 amide bonds. The minimum atomic E-state index is 1.06. The predicted molar refractivity (Wildman–Crippen MR) is 91.4 cm³/mol. The summed E-state index contributed by atoms with van der Waals surface area (Å²) in [4.78, 5) is 0. The average molecular weight is 310 g/mol. The SMILES string of the molecule is C1NCC2CC12.CNc1cc(-c2cnn(C)c2)cn2nccc12. The molecule has 1 aliphatic carbocycles. The van der Waals surface area contributed by atoms with Crippen LogP contribution < -0.4 is 10.6 Å². The molecule has 23 heavy (non-hydrogen) atoms. The quantitative estimate of drug-likeness (QED) is 0.760. The summed E-state index contributed by atoms with van der Waals surface area (Å²) in [5.74, 6) is 2.20. The van der Waals surface area contributed by atoms with E-state index in [1.54, 1.807) is 10.9 Å². The summed E-state index contributed by atoms with van der Waals surface area (Å²) < 4.78 is 3.66. The molecular formula is C17H22N6. The van der Waals surface area contributed by atoms with Crippen LogP contribution in [-0.2, 0) is 7.05 Å². The van der Waals surface area contributed by atoms with E-state index in [1.807, 2.05) is 43.3 Å². The highest BCUT2D eigenvalue weighted by Crippen LogP contribution is 2.40. The van der Waals surface area contributed by atoms with E-state index in [1.165, 1.54) is 19.5 Å². The van der Waals surface area contributed by atoms with Crippen LogP contribution in [0.1, 0.15) is 6.42 Å². The second-order valence-electron chi connectivity index (χ2n) is 6.37. The van der Waals surface area contributed by atoms with Crippen molar-refractivity contribution in [3.63, 3.8) is 0 Å². The first-order valence-corrected chi connectivity index (χ1v) is 8.09. The van der Waals surface area contributed by atoms with E-state index in [0.717, 1.165) is 34.2 Å². The van der Waals surface area contributed by atoms with Crippen LogP contribution in [-0.4, -0.2) is 39.5 Å². The van der Waals surface area contributed by atoms with E-state index >= 15 is 0 Å². The first kappa shape index (κ1) is 14.3. The molecule has 1 saturated carbocycles. The smallest absolute Gasteiger partial charge is 0.0893 e. The summed E-state index contributed by atoms with van der Waals surface area (Å²) in [5, 5.41) is 15.0. The number of rotatable bonds is 2. The fourth-order valence-corrected chi connectivity index (χ4v) is 3.22. The van der Waals surface area contributed by atoms with Gasteiger partial charge in [0, 0.05) is 37.6 Å². The van der Waals surface area contributed by atoms with E-state index < -0.39 is 0 Å². The van der Waals surface area contributed by atoms with Crippen molar-refractivity contribution < 1.29 is 0 Å². The molecule has 0 bridgehead atoms. The Labute approximate surface area is 135 Å². The van der Waals surface area contributed by atoms with Crippen LogP contribution in [0.4, 0.5) is 5.69 Å². The lowest BCUT2D eigenvalue weighted by Gasteiger charge is -2.06. The lowest BCUT2D eigenvalue weighted by molar-refractivity contribution is 0.732. The number of hydrogen-bond acceptors (Lipinski definition) is 4. The van der Waals surface area contributed by atoms with Gasteiger partial charge in [-0.2, -0.15) is 10.2 Å². The molecule has 1 saturated heterocycles. The molecule has 6 heteroatoms. The maximum absolute atomic E-state index is 4.27. The highest BCUT2D eigenvalue weighted by Gasteiger charge is 2.40. The Morgan fingerprint density at radius 2 is 2.00 bits per heavy atom. The van der Waals surface area contributed by atoms with Crippen molar-refractivity contribution in [1.29, 1.82) is 0 Å². The molecule has 2 fully saturated rings. The molecule has 2 unspecified atom stereocenters. The summed E-state index contributed by atoms with van der Waals surface area (Å²) >= 11 is 0. The van der Waals surface area contributed by atoms with Crippen molar-refractivity contribution >= 4 is 11.2 Å². The van der Waals surface area contributed by atoms with Crippen LogP contribution in [0.3, 0.4) is 0 Å². The van der Waals surface area contributed by atoms with Gasteiger partial charge in [-0.25, -0.2) is 4.52 Å².